The van der Waals surface area contributed by atoms with Gasteiger partial charge in [0, 0.05) is 23.3 Å². The smallest absolute Gasteiger partial charge is 0.400 e. The zero-order chi connectivity index (χ0) is 29.9. The van der Waals surface area contributed by atoms with Crippen LogP contribution in [0.15, 0.2) is 67.2 Å². The second-order valence-corrected chi connectivity index (χ2v) is 9.53. The summed E-state index contributed by atoms with van der Waals surface area (Å²) < 4.78 is 136. The van der Waals surface area contributed by atoms with Crippen molar-refractivity contribution in [3.05, 3.63) is 107 Å². The molecule has 0 amide bonds. The van der Waals surface area contributed by atoms with Crippen molar-refractivity contribution >= 4 is 5.83 Å². The van der Waals surface area contributed by atoms with Crippen molar-refractivity contribution in [1.29, 1.82) is 0 Å². The lowest BCUT2D eigenvalue weighted by Crippen LogP contribution is -2.37. The minimum atomic E-state index is -3.82. The van der Waals surface area contributed by atoms with E-state index >= 15 is 4.39 Å². The number of halogens is 9. The van der Waals surface area contributed by atoms with E-state index in [9.17, 15) is 35.1 Å². The summed E-state index contributed by atoms with van der Waals surface area (Å²) in [6, 6.07) is 6.03. The molecule has 0 radical (unpaired) electrons. The number of hydrogen-bond donors (Lipinski definition) is 0. The van der Waals surface area contributed by atoms with Gasteiger partial charge in [0.2, 0.25) is 5.83 Å². The van der Waals surface area contributed by atoms with Crippen molar-refractivity contribution in [3.8, 4) is 16.9 Å². The average Bonchev–Trinajstić information content (AvgIpc) is 2.94. The molecule has 0 spiro atoms. The zero-order valence-corrected chi connectivity index (χ0v) is 21.3. The molecule has 3 aromatic carbocycles. The van der Waals surface area contributed by atoms with Crippen LogP contribution in [0.1, 0.15) is 42.7 Å². The molecule has 0 saturated heterocycles. The van der Waals surface area contributed by atoms with E-state index < -0.39 is 70.2 Å². The maximum absolute atomic E-state index is 15.1. The third-order valence-corrected chi connectivity index (χ3v) is 6.89. The fourth-order valence-corrected chi connectivity index (χ4v) is 4.79. The van der Waals surface area contributed by atoms with E-state index in [2.05, 4.69) is 16.1 Å². The van der Waals surface area contributed by atoms with Crippen LogP contribution in [0.5, 0.6) is 5.75 Å². The van der Waals surface area contributed by atoms with E-state index in [4.69, 9.17) is 0 Å². The quantitative estimate of drug-likeness (QED) is 0.108. The maximum Gasteiger partial charge on any atom is 0.400 e. The van der Waals surface area contributed by atoms with E-state index in [0.29, 0.717) is 12.1 Å². The predicted octanol–water partition coefficient (Wildman–Crippen LogP) is 9.76. The van der Waals surface area contributed by atoms with Crippen molar-refractivity contribution in [3.63, 3.8) is 0 Å². The Bertz CT molecular complexity index is 1440. The number of ether oxygens (including phenoxy) is 2. The normalized spacial score (nSPS) is 18.1. The summed E-state index contributed by atoms with van der Waals surface area (Å²) >= 11 is 0. The van der Waals surface area contributed by atoms with Crippen LogP contribution >= 0.6 is 0 Å². The highest BCUT2D eigenvalue weighted by Crippen LogP contribution is 2.44. The molecule has 0 aromatic heterocycles. The van der Waals surface area contributed by atoms with Gasteiger partial charge >= 0.3 is 12.1 Å². The molecule has 2 nitrogen and oxygen atoms in total. The highest BCUT2D eigenvalue weighted by Gasteiger charge is 2.44. The largest absolute Gasteiger partial charge is 0.464 e. The summed E-state index contributed by atoms with van der Waals surface area (Å²) in [5, 5.41) is 0. The van der Waals surface area contributed by atoms with Gasteiger partial charge in [0.05, 0.1) is 5.92 Å². The fourth-order valence-electron chi connectivity index (χ4n) is 4.79. The highest BCUT2D eigenvalue weighted by atomic mass is 19.3. The second-order valence-electron chi connectivity index (χ2n) is 9.53. The Labute approximate surface area is 229 Å². The molecule has 1 aliphatic carbocycles. The fraction of sp³-hybridized carbons (Fsp3) is 0.267. The Morgan fingerprint density at radius 2 is 1.49 bits per heavy atom. The third kappa shape index (κ3) is 6.71. The summed E-state index contributed by atoms with van der Waals surface area (Å²) in [6.45, 7) is 3.02. The molecule has 4 rings (SSSR count). The topological polar surface area (TPSA) is 18.5 Å². The van der Waals surface area contributed by atoms with Crippen molar-refractivity contribution in [2.75, 3.05) is 6.61 Å². The first kappa shape index (κ1) is 30.1. The summed E-state index contributed by atoms with van der Waals surface area (Å²) in [7, 11) is 0. The summed E-state index contributed by atoms with van der Waals surface area (Å²) in [5.41, 5.74) is -0.146. The first-order chi connectivity index (χ1) is 19.4. The van der Waals surface area contributed by atoms with Crippen LogP contribution < -0.4 is 4.74 Å². The van der Waals surface area contributed by atoms with E-state index in [0.717, 1.165) is 24.3 Å². The molecule has 1 fully saturated rings. The molecule has 1 saturated carbocycles. The van der Waals surface area contributed by atoms with Gasteiger partial charge < -0.3 is 9.47 Å². The van der Waals surface area contributed by atoms with Gasteiger partial charge in [-0.1, -0.05) is 36.9 Å². The molecule has 0 bridgehead atoms. The molecule has 41 heavy (non-hydrogen) atoms. The van der Waals surface area contributed by atoms with Gasteiger partial charge in [0.25, 0.3) is 0 Å². The van der Waals surface area contributed by atoms with E-state index in [1.807, 2.05) is 0 Å². The first-order valence-corrected chi connectivity index (χ1v) is 12.5. The molecular formula is C30H23F9O2. The summed E-state index contributed by atoms with van der Waals surface area (Å²) in [6.07, 6.45) is -2.54. The molecule has 0 N–H and O–H groups in total. The predicted molar refractivity (Wildman–Crippen MR) is 134 cm³/mol. The Morgan fingerprint density at radius 3 is 2.07 bits per heavy atom. The molecule has 0 aliphatic heterocycles. The molecule has 3 aromatic rings. The molecule has 0 unspecified atom stereocenters. The Kier molecular flexibility index (Phi) is 9.04. The first-order valence-electron chi connectivity index (χ1n) is 12.5. The van der Waals surface area contributed by atoms with Crippen LogP contribution in [-0.4, -0.2) is 12.7 Å². The number of alkyl halides is 2. The van der Waals surface area contributed by atoms with Gasteiger partial charge in [-0.25, -0.2) is 22.0 Å². The third-order valence-electron chi connectivity index (χ3n) is 6.89. The minimum Gasteiger partial charge on any atom is -0.464 e. The average molecular weight is 586 g/mol. The Morgan fingerprint density at radius 1 is 0.829 bits per heavy atom. The molecule has 1 aliphatic rings. The van der Waals surface area contributed by atoms with Gasteiger partial charge in [-0.2, -0.15) is 17.6 Å². The van der Waals surface area contributed by atoms with Gasteiger partial charge in [-0.05, 0) is 54.9 Å². The zero-order valence-electron chi connectivity index (χ0n) is 21.3. The summed E-state index contributed by atoms with van der Waals surface area (Å²) in [5.74, 6) is -10.8. The summed E-state index contributed by atoms with van der Waals surface area (Å²) in [4.78, 5) is 0. The monoisotopic (exact) mass is 586 g/mol. The SMILES string of the molecule is C=CCO/C(F)=C(\F)c1ccc(-c2ccc(C3CCC(C(F)(F)Oc4cc(F)c(F)c(F)c4)CC3)c(F)c2)c(F)c1. The maximum atomic E-state index is 15.1. The second kappa shape index (κ2) is 12.3. The van der Waals surface area contributed by atoms with Gasteiger partial charge in [0.1, 0.15) is 24.0 Å². The van der Waals surface area contributed by atoms with Crippen molar-refractivity contribution in [2.24, 2.45) is 5.92 Å². The van der Waals surface area contributed by atoms with Crippen LogP contribution in [0, 0.1) is 35.0 Å². The van der Waals surface area contributed by atoms with Crippen molar-refractivity contribution in [2.45, 2.75) is 37.7 Å². The lowest BCUT2D eigenvalue weighted by molar-refractivity contribution is -0.222. The molecular weight excluding hydrogens is 563 g/mol. The van der Waals surface area contributed by atoms with E-state index in [1.54, 1.807) is 0 Å². The van der Waals surface area contributed by atoms with Gasteiger partial charge in [-0.15, -0.1) is 0 Å². The molecule has 0 atom stereocenters. The standard InChI is InChI=1S/C30H23F9O2/c1-2-11-40-29(37)27(35)18-6-10-22(24(32)13-18)17-5-9-21(23(31)12-17)16-3-7-19(8-4-16)30(38,39)41-20-14-25(33)28(36)26(34)15-20/h2,5-6,9-10,12-16,19H,1,3-4,7-8,11H2/b29-27-. The van der Waals surface area contributed by atoms with Crippen LogP contribution in [0.4, 0.5) is 39.5 Å². The number of hydrogen-bond acceptors (Lipinski definition) is 2. The highest BCUT2D eigenvalue weighted by molar-refractivity contribution is 5.69. The van der Waals surface area contributed by atoms with Crippen LogP contribution in [-0.2, 0) is 4.74 Å². The number of rotatable bonds is 9. The van der Waals surface area contributed by atoms with E-state index in [-0.39, 0.29) is 49.0 Å². The van der Waals surface area contributed by atoms with E-state index in [1.165, 1.54) is 18.2 Å². The molecule has 0 heterocycles. The molecule has 218 valence electrons. The van der Waals surface area contributed by atoms with Crippen LogP contribution in [0.25, 0.3) is 17.0 Å². The van der Waals surface area contributed by atoms with Crippen molar-refractivity contribution < 1.29 is 49.0 Å². The van der Waals surface area contributed by atoms with Crippen LogP contribution in [0.2, 0.25) is 0 Å². The minimum absolute atomic E-state index is 0.0754. The Balaban J connectivity index is 1.44. The van der Waals surface area contributed by atoms with Gasteiger partial charge in [0.15, 0.2) is 17.5 Å². The van der Waals surface area contributed by atoms with Crippen molar-refractivity contribution in [1.82, 2.24) is 0 Å². The lowest BCUT2D eigenvalue weighted by atomic mass is 9.77. The Hall–Kier alpha value is -3.89. The lowest BCUT2D eigenvalue weighted by Gasteiger charge is -2.33. The van der Waals surface area contributed by atoms with Crippen LogP contribution in [0.3, 0.4) is 0 Å². The van der Waals surface area contributed by atoms with Gasteiger partial charge in [-0.3, -0.25) is 0 Å². The molecule has 11 heteroatoms. The number of benzene rings is 3.